The highest BCUT2D eigenvalue weighted by Gasteiger charge is 2.18. The molecule has 2 aromatic rings. The van der Waals surface area contributed by atoms with E-state index in [-0.39, 0.29) is 5.75 Å². The van der Waals surface area contributed by atoms with Gasteiger partial charge in [-0.1, -0.05) is 42.5 Å². The summed E-state index contributed by atoms with van der Waals surface area (Å²) in [5.41, 5.74) is 1.95. The summed E-state index contributed by atoms with van der Waals surface area (Å²) in [6, 6.07) is 16.6. The van der Waals surface area contributed by atoms with E-state index in [9.17, 15) is 8.78 Å². The Morgan fingerprint density at radius 1 is 1.04 bits per heavy atom. The summed E-state index contributed by atoms with van der Waals surface area (Å²) in [6.45, 7) is 1.65. The third-order valence-electron chi connectivity index (χ3n) is 4.46. The molecule has 2 aromatic carbocycles. The molecule has 1 aliphatic rings. The average molecular weight is 403 g/mol. The summed E-state index contributed by atoms with van der Waals surface area (Å²) in [4.78, 5) is 4.51. The van der Waals surface area contributed by atoms with Crippen molar-refractivity contribution in [3.05, 3.63) is 66.2 Å². The Balaban J connectivity index is 1.41. The Hall–Kier alpha value is -2.51. The largest absolute Gasteiger partial charge is 0.435 e. The first-order valence-electron chi connectivity index (χ1n) is 9.15. The summed E-state index contributed by atoms with van der Waals surface area (Å²) in [7, 11) is 0. The first-order chi connectivity index (χ1) is 13.6. The molecular formula is C21H23F2N3OS. The second-order valence-electron chi connectivity index (χ2n) is 6.43. The highest BCUT2D eigenvalue weighted by Crippen LogP contribution is 2.18. The first kappa shape index (κ1) is 20.2. The van der Waals surface area contributed by atoms with Crippen molar-refractivity contribution in [2.75, 3.05) is 38.0 Å². The third kappa shape index (κ3) is 6.28. The van der Waals surface area contributed by atoms with E-state index in [1.54, 1.807) is 12.1 Å². The van der Waals surface area contributed by atoms with E-state index < -0.39 is 6.61 Å². The van der Waals surface area contributed by atoms with Crippen molar-refractivity contribution in [3.63, 3.8) is 0 Å². The lowest BCUT2D eigenvalue weighted by Gasteiger charge is -2.35. The van der Waals surface area contributed by atoms with Crippen LogP contribution in [0.4, 0.5) is 14.5 Å². The zero-order valence-electron chi connectivity index (χ0n) is 15.4. The molecule has 0 unspecified atom stereocenters. The molecule has 1 N–H and O–H groups in total. The minimum absolute atomic E-state index is 0.128. The molecule has 1 heterocycles. The summed E-state index contributed by atoms with van der Waals surface area (Å²) in [5.74, 6) is 0.128. The Kier molecular flexibility index (Phi) is 7.33. The second-order valence-corrected chi connectivity index (χ2v) is 6.82. The SMILES string of the molecule is FC(F)Oc1ccc(NC(=S)N2CCN(C/C=C/c3ccccc3)CC2)cc1. The Morgan fingerprint density at radius 2 is 1.71 bits per heavy atom. The number of alkyl halides is 2. The van der Waals surface area contributed by atoms with Gasteiger partial charge in [-0.15, -0.1) is 0 Å². The molecule has 0 aromatic heterocycles. The number of ether oxygens (including phenoxy) is 1. The number of benzene rings is 2. The monoisotopic (exact) mass is 403 g/mol. The zero-order chi connectivity index (χ0) is 19.8. The number of hydrogen-bond donors (Lipinski definition) is 1. The smallest absolute Gasteiger partial charge is 0.387 e. The first-order valence-corrected chi connectivity index (χ1v) is 9.56. The Labute approximate surface area is 169 Å². The molecule has 28 heavy (non-hydrogen) atoms. The van der Waals surface area contributed by atoms with Crippen LogP contribution in [0.1, 0.15) is 5.56 Å². The van der Waals surface area contributed by atoms with Gasteiger partial charge >= 0.3 is 6.61 Å². The lowest BCUT2D eigenvalue weighted by atomic mass is 10.2. The normalized spacial score (nSPS) is 15.2. The number of hydrogen-bond acceptors (Lipinski definition) is 3. The molecule has 0 amide bonds. The topological polar surface area (TPSA) is 27.7 Å². The third-order valence-corrected chi connectivity index (χ3v) is 4.82. The molecule has 148 valence electrons. The van der Waals surface area contributed by atoms with E-state index in [0.717, 1.165) is 38.4 Å². The maximum atomic E-state index is 12.2. The molecule has 3 rings (SSSR count). The van der Waals surface area contributed by atoms with Crippen LogP contribution in [0, 0.1) is 0 Å². The van der Waals surface area contributed by atoms with E-state index in [1.807, 2.05) is 18.2 Å². The van der Waals surface area contributed by atoms with Crippen molar-refractivity contribution >= 4 is 29.1 Å². The zero-order valence-corrected chi connectivity index (χ0v) is 16.2. The second kappa shape index (κ2) is 10.1. The number of nitrogens with one attached hydrogen (secondary N) is 1. The van der Waals surface area contributed by atoms with Gasteiger partial charge in [0.25, 0.3) is 0 Å². The van der Waals surface area contributed by atoms with Gasteiger partial charge in [-0.3, -0.25) is 4.90 Å². The maximum Gasteiger partial charge on any atom is 0.387 e. The van der Waals surface area contributed by atoms with Crippen molar-refractivity contribution in [1.82, 2.24) is 9.80 Å². The standard InChI is InChI=1S/C21H23F2N3OS/c22-20(23)27-19-10-8-18(9-11-19)24-21(28)26-15-13-25(14-16-26)12-4-7-17-5-2-1-3-6-17/h1-11,20H,12-16H2,(H,24,28)/b7-4+. The maximum absolute atomic E-state index is 12.2. The molecule has 1 aliphatic heterocycles. The highest BCUT2D eigenvalue weighted by atomic mass is 32.1. The molecule has 0 atom stereocenters. The predicted octanol–water partition coefficient (Wildman–Crippen LogP) is 4.32. The lowest BCUT2D eigenvalue weighted by molar-refractivity contribution is -0.0498. The van der Waals surface area contributed by atoms with E-state index in [2.05, 4.69) is 44.1 Å². The molecule has 0 bridgehead atoms. The van der Waals surface area contributed by atoms with Crippen LogP contribution in [0.3, 0.4) is 0 Å². The van der Waals surface area contributed by atoms with E-state index in [4.69, 9.17) is 12.2 Å². The predicted molar refractivity (Wildman–Crippen MR) is 113 cm³/mol. The van der Waals surface area contributed by atoms with Crippen molar-refractivity contribution in [2.45, 2.75) is 6.61 Å². The van der Waals surface area contributed by atoms with Crippen LogP contribution >= 0.6 is 12.2 Å². The fourth-order valence-corrected chi connectivity index (χ4v) is 3.26. The Morgan fingerprint density at radius 3 is 2.36 bits per heavy atom. The van der Waals surface area contributed by atoms with Crippen molar-refractivity contribution in [2.24, 2.45) is 0 Å². The van der Waals surface area contributed by atoms with E-state index >= 15 is 0 Å². The van der Waals surface area contributed by atoms with Crippen LogP contribution in [0.15, 0.2) is 60.7 Å². The Bertz CT molecular complexity index is 776. The molecular weight excluding hydrogens is 380 g/mol. The van der Waals surface area contributed by atoms with Crippen LogP contribution in [0.25, 0.3) is 6.08 Å². The van der Waals surface area contributed by atoms with Gasteiger partial charge in [-0.25, -0.2) is 0 Å². The van der Waals surface area contributed by atoms with Gasteiger partial charge in [0.15, 0.2) is 5.11 Å². The molecule has 1 saturated heterocycles. The van der Waals surface area contributed by atoms with Gasteiger partial charge in [0.05, 0.1) is 0 Å². The molecule has 4 nitrogen and oxygen atoms in total. The summed E-state index contributed by atoms with van der Waals surface area (Å²) in [6.07, 6.45) is 4.32. The van der Waals surface area contributed by atoms with Crippen LogP contribution in [0.5, 0.6) is 5.75 Å². The van der Waals surface area contributed by atoms with Crippen LogP contribution in [-0.2, 0) is 0 Å². The number of halogens is 2. The van der Waals surface area contributed by atoms with Crippen LogP contribution in [-0.4, -0.2) is 54.2 Å². The quantitative estimate of drug-likeness (QED) is 0.726. The van der Waals surface area contributed by atoms with Gasteiger partial charge in [-0.2, -0.15) is 8.78 Å². The average Bonchev–Trinajstić information content (AvgIpc) is 2.70. The highest BCUT2D eigenvalue weighted by molar-refractivity contribution is 7.80. The number of anilines is 1. The lowest BCUT2D eigenvalue weighted by Crippen LogP contribution is -2.49. The van der Waals surface area contributed by atoms with Gasteiger partial charge in [0.2, 0.25) is 0 Å². The number of rotatable bonds is 6. The van der Waals surface area contributed by atoms with Crippen LogP contribution in [0.2, 0.25) is 0 Å². The number of thiocarbonyl (C=S) groups is 1. The minimum Gasteiger partial charge on any atom is -0.435 e. The molecule has 7 heteroatoms. The van der Waals surface area contributed by atoms with Gasteiger partial charge in [0, 0.05) is 38.4 Å². The van der Waals surface area contributed by atoms with Crippen molar-refractivity contribution in [1.29, 1.82) is 0 Å². The molecule has 1 fully saturated rings. The fraction of sp³-hybridized carbons (Fsp3) is 0.286. The fourth-order valence-electron chi connectivity index (χ4n) is 2.96. The number of piperazine rings is 1. The summed E-state index contributed by atoms with van der Waals surface area (Å²) < 4.78 is 28.7. The van der Waals surface area contributed by atoms with Gasteiger partial charge in [-0.05, 0) is 42.0 Å². The molecule has 0 aliphatic carbocycles. The number of nitrogens with zero attached hydrogens (tertiary/aromatic N) is 2. The van der Waals surface area contributed by atoms with E-state index in [0.29, 0.717) is 5.11 Å². The van der Waals surface area contributed by atoms with Crippen molar-refractivity contribution < 1.29 is 13.5 Å². The van der Waals surface area contributed by atoms with Gasteiger partial charge in [0.1, 0.15) is 5.75 Å². The summed E-state index contributed by atoms with van der Waals surface area (Å²) in [5, 5.41) is 3.79. The van der Waals surface area contributed by atoms with Crippen LogP contribution < -0.4 is 10.1 Å². The van der Waals surface area contributed by atoms with E-state index in [1.165, 1.54) is 17.7 Å². The molecule has 0 saturated carbocycles. The molecule has 0 radical (unpaired) electrons. The summed E-state index contributed by atoms with van der Waals surface area (Å²) >= 11 is 5.48. The molecule has 0 spiro atoms. The van der Waals surface area contributed by atoms with Gasteiger partial charge < -0.3 is 15.0 Å². The minimum atomic E-state index is -2.82. The van der Waals surface area contributed by atoms with Crippen molar-refractivity contribution in [3.8, 4) is 5.75 Å².